The largest absolute Gasteiger partial charge is 0.479 e. The molecule has 4 rings (SSSR count). The van der Waals surface area contributed by atoms with Gasteiger partial charge in [0.05, 0.1) is 35.3 Å². The van der Waals surface area contributed by atoms with E-state index in [1.807, 2.05) is 0 Å². The fourth-order valence-electron chi connectivity index (χ4n) is 3.83. The Hall–Kier alpha value is -3.69. The van der Waals surface area contributed by atoms with Crippen LogP contribution in [0.3, 0.4) is 0 Å². The summed E-state index contributed by atoms with van der Waals surface area (Å²) in [4.78, 5) is 20.0. The second-order valence-electron chi connectivity index (χ2n) is 7.55. The number of ether oxygens (including phenoxy) is 1. The lowest BCUT2D eigenvalue weighted by molar-refractivity contribution is -0.137. The van der Waals surface area contributed by atoms with Gasteiger partial charge in [0.2, 0.25) is 5.88 Å². The van der Waals surface area contributed by atoms with E-state index in [-0.39, 0.29) is 35.2 Å². The average Bonchev–Trinajstić information content (AvgIpc) is 2.75. The van der Waals surface area contributed by atoms with Gasteiger partial charge in [-0.3, -0.25) is 9.69 Å². The number of aromatic nitrogens is 1. The fourth-order valence-corrected chi connectivity index (χ4v) is 3.83. The summed E-state index contributed by atoms with van der Waals surface area (Å²) in [5.41, 5.74) is 0.302. The number of carbonyl (C=O) groups is 1. The molecule has 0 saturated carbocycles. The van der Waals surface area contributed by atoms with Crippen LogP contribution < -0.4 is 14.5 Å². The number of aryl methyl sites for hydroxylation is 2. The van der Waals surface area contributed by atoms with Crippen LogP contribution in [0.1, 0.15) is 27.2 Å². The van der Waals surface area contributed by atoms with Crippen molar-refractivity contribution in [2.45, 2.75) is 20.0 Å². The maximum absolute atomic E-state index is 14.4. The molecule has 0 aliphatic carbocycles. The first-order valence-corrected chi connectivity index (χ1v) is 9.79. The molecule has 10 heteroatoms. The number of amides is 1. The Morgan fingerprint density at radius 3 is 2.27 bits per heavy atom. The molecule has 3 aromatic rings. The maximum atomic E-state index is 14.4. The number of hydrogen-bond donors (Lipinski definition) is 0. The highest BCUT2D eigenvalue weighted by atomic mass is 19.4. The molecule has 0 fully saturated rings. The van der Waals surface area contributed by atoms with Crippen LogP contribution in [-0.4, -0.2) is 24.7 Å². The van der Waals surface area contributed by atoms with Gasteiger partial charge in [-0.2, -0.15) is 13.2 Å². The molecule has 5 nitrogen and oxygen atoms in total. The minimum Gasteiger partial charge on any atom is -0.479 e. The van der Waals surface area contributed by atoms with Crippen molar-refractivity contribution in [3.63, 3.8) is 0 Å². The lowest BCUT2D eigenvalue weighted by Gasteiger charge is -2.39. The molecule has 0 spiro atoms. The van der Waals surface area contributed by atoms with Crippen molar-refractivity contribution in [1.82, 2.24) is 4.98 Å². The van der Waals surface area contributed by atoms with Gasteiger partial charge >= 0.3 is 6.18 Å². The molecular weight excluding hydrogens is 445 g/mol. The summed E-state index contributed by atoms with van der Waals surface area (Å²) >= 11 is 0. The summed E-state index contributed by atoms with van der Waals surface area (Å²) in [5.74, 6) is -2.33. The summed E-state index contributed by atoms with van der Waals surface area (Å²) in [5, 5.41) is 0. The van der Waals surface area contributed by atoms with Crippen molar-refractivity contribution in [3.05, 3.63) is 76.5 Å². The molecule has 2 heterocycles. The smallest absolute Gasteiger partial charge is 0.416 e. The minimum absolute atomic E-state index is 0.0751. The van der Waals surface area contributed by atoms with Crippen LogP contribution in [-0.2, 0) is 6.18 Å². The van der Waals surface area contributed by atoms with Gasteiger partial charge in [0, 0.05) is 11.8 Å². The van der Waals surface area contributed by atoms with Crippen molar-refractivity contribution in [2.24, 2.45) is 0 Å². The Labute approximate surface area is 186 Å². The zero-order valence-corrected chi connectivity index (χ0v) is 17.8. The van der Waals surface area contributed by atoms with Gasteiger partial charge in [-0.15, -0.1) is 0 Å². The SMILES string of the molecule is COc1nc(C)c(N2CN(c3ccc(F)cc3C)c3ccc(C(F)(F)F)cc3C2=O)cc1F. The monoisotopic (exact) mass is 463 g/mol. The number of halogens is 5. The van der Waals surface area contributed by atoms with Crippen molar-refractivity contribution >= 4 is 23.0 Å². The van der Waals surface area contributed by atoms with Crippen molar-refractivity contribution in [3.8, 4) is 5.88 Å². The number of methoxy groups -OCH3 is 1. The molecule has 0 radical (unpaired) electrons. The third-order valence-electron chi connectivity index (χ3n) is 5.41. The van der Waals surface area contributed by atoms with Crippen LogP contribution in [0.5, 0.6) is 5.88 Å². The molecule has 33 heavy (non-hydrogen) atoms. The third kappa shape index (κ3) is 3.96. The third-order valence-corrected chi connectivity index (χ3v) is 5.41. The quantitative estimate of drug-likeness (QED) is 0.464. The summed E-state index contributed by atoms with van der Waals surface area (Å²) < 4.78 is 73.1. The molecule has 0 atom stereocenters. The van der Waals surface area contributed by atoms with E-state index in [2.05, 4.69) is 4.98 Å². The number of hydrogen-bond acceptors (Lipinski definition) is 4. The Morgan fingerprint density at radius 1 is 0.939 bits per heavy atom. The normalized spacial score (nSPS) is 13.9. The van der Waals surface area contributed by atoms with Crippen LogP contribution in [0.4, 0.5) is 39.0 Å². The molecule has 0 bridgehead atoms. The molecule has 0 saturated heterocycles. The number of fused-ring (bicyclic) bond motifs is 1. The number of benzene rings is 2. The van der Waals surface area contributed by atoms with Crippen molar-refractivity contribution < 1.29 is 31.5 Å². The fraction of sp³-hybridized carbons (Fsp3) is 0.217. The number of anilines is 3. The molecule has 1 amide bonds. The first kappa shape index (κ1) is 22.5. The zero-order valence-electron chi connectivity index (χ0n) is 17.8. The van der Waals surface area contributed by atoms with E-state index < -0.39 is 29.3 Å². The zero-order chi connectivity index (χ0) is 24.1. The molecule has 172 valence electrons. The van der Waals surface area contributed by atoms with E-state index >= 15 is 0 Å². The predicted octanol–water partition coefficient (Wildman–Crippen LogP) is 5.76. The highest BCUT2D eigenvalue weighted by molar-refractivity contribution is 6.13. The predicted molar refractivity (Wildman–Crippen MR) is 112 cm³/mol. The van der Waals surface area contributed by atoms with E-state index in [1.165, 1.54) is 38.3 Å². The van der Waals surface area contributed by atoms with Crippen LogP contribution in [0.25, 0.3) is 0 Å². The first-order chi connectivity index (χ1) is 15.5. The molecule has 1 aromatic heterocycles. The van der Waals surface area contributed by atoms with E-state index in [0.717, 1.165) is 23.1 Å². The summed E-state index contributed by atoms with van der Waals surface area (Å²) in [6, 6.07) is 7.86. The van der Waals surface area contributed by atoms with Gasteiger partial charge in [-0.1, -0.05) is 0 Å². The number of pyridine rings is 1. The van der Waals surface area contributed by atoms with Gasteiger partial charge in [-0.05, 0) is 55.8 Å². The highest BCUT2D eigenvalue weighted by Gasteiger charge is 2.37. The lowest BCUT2D eigenvalue weighted by Crippen LogP contribution is -2.45. The van der Waals surface area contributed by atoms with Gasteiger partial charge in [0.1, 0.15) is 12.5 Å². The van der Waals surface area contributed by atoms with Crippen LogP contribution in [0.15, 0.2) is 42.5 Å². The van der Waals surface area contributed by atoms with E-state index in [0.29, 0.717) is 11.3 Å². The standard InChI is InChI=1S/C23H18F5N3O2/c1-12-8-15(24)5-7-18(12)30-11-31(20-10-17(25)21(33-3)29-13(20)2)22(32)16-9-14(23(26,27)28)4-6-19(16)30/h4-10H,11H2,1-3H3. The maximum Gasteiger partial charge on any atom is 0.416 e. The van der Waals surface area contributed by atoms with Gasteiger partial charge in [0.25, 0.3) is 5.91 Å². The van der Waals surface area contributed by atoms with E-state index in [1.54, 1.807) is 11.8 Å². The topological polar surface area (TPSA) is 45.7 Å². The van der Waals surface area contributed by atoms with Gasteiger partial charge in [0.15, 0.2) is 5.82 Å². The molecule has 0 N–H and O–H groups in total. The molecule has 1 aliphatic heterocycles. The van der Waals surface area contributed by atoms with Gasteiger partial charge in [-0.25, -0.2) is 13.8 Å². The van der Waals surface area contributed by atoms with Crippen molar-refractivity contribution in [2.75, 3.05) is 23.6 Å². The number of alkyl halides is 3. The van der Waals surface area contributed by atoms with Crippen molar-refractivity contribution in [1.29, 1.82) is 0 Å². The minimum atomic E-state index is -4.67. The second-order valence-corrected chi connectivity index (χ2v) is 7.55. The van der Waals surface area contributed by atoms with E-state index in [9.17, 15) is 26.7 Å². The average molecular weight is 463 g/mol. The summed E-state index contributed by atoms with van der Waals surface area (Å²) in [6.07, 6.45) is -4.67. The van der Waals surface area contributed by atoms with Crippen LogP contribution in [0.2, 0.25) is 0 Å². The summed E-state index contributed by atoms with van der Waals surface area (Å²) in [6.45, 7) is 3.01. The summed E-state index contributed by atoms with van der Waals surface area (Å²) in [7, 11) is 1.24. The first-order valence-electron chi connectivity index (χ1n) is 9.79. The number of rotatable bonds is 3. The molecule has 0 unspecified atom stereocenters. The Balaban J connectivity index is 1.92. The Morgan fingerprint density at radius 2 is 1.64 bits per heavy atom. The Bertz CT molecular complexity index is 1260. The lowest BCUT2D eigenvalue weighted by atomic mass is 10.0. The van der Waals surface area contributed by atoms with Gasteiger partial charge < -0.3 is 9.64 Å². The number of carbonyl (C=O) groups excluding carboxylic acids is 1. The number of nitrogens with zero attached hydrogens (tertiary/aromatic N) is 3. The molecule has 1 aliphatic rings. The van der Waals surface area contributed by atoms with Crippen LogP contribution in [0, 0.1) is 25.5 Å². The van der Waals surface area contributed by atoms with Crippen LogP contribution >= 0.6 is 0 Å². The molecule has 2 aromatic carbocycles. The molecular formula is C23H18F5N3O2. The Kier molecular flexibility index (Phi) is 5.47. The highest BCUT2D eigenvalue weighted by Crippen LogP contribution is 2.41. The second kappa shape index (κ2) is 8.02. The van der Waals surface area contributed by atoms with E-state index in [4.69, 9.17) is 4.74 Å².